The Morgan fingerprint density at radius 1 is 1.41 bits per heavy atom. The van der Waals surface area contributed by atoms with Crippen LogP contribution in [0, 0.1) is 19.7 Å². The summed E-state index contributed by atoms with van der Waals surface area (Å²) < 4.78 is 13.5. The van der Waals surface area contributed by atoms with Crippen LogP contribution in [0.25, 0.3) is 0 Å². The number of nitrogens with one attached hydrogen (secondary N) is 2. The molecular formula is C12H13ClFN3. The molecule has 1 aromatic carbocycles. The third kappa shape index (κ3) is 2.58. The van der Waals surface area contributed by atoms with E-state index >= 15 is 0 Å². The second-order valence-corrected chi connectivity index (χ2v) is 4.33. The van der Waals surface area contributed by atoms with E-state index < -0.39 is 0 Å². The van der Waals surface area contributed by atoms with Crippen LogP contribution in [0.5, 0.6) is 0 Å². The van der Waals surface area contributed by atoms with Crippen molar-refractivity contribution >= 4 is 17.3 Å². The van der Waals surface area contributed by atoms with Crippen LogP contribution in [0.4, 0.5) is 10.1 Å². The van der Waals surface area contributed by atoms with Gasteiger partial charge in [-0.3, -0.25) is 5.10 Å². The van der Waals surface area contributed by atoms with Crippen molar-refractivity contribution in [3.8, 4) is 0 Å². The molecule has 0 bridgehead atoms. The molecule has 0 aliphatic carbocycles. The molecule has 1 heterocycles. The molecule has 2 rings (SSSR count). The monoisotopic (exact) mass is 253 g/mol. The Labute approximate surface area is 104 Å². The highest BCUT2D eigenvalue weighted by atomic mass is 35.5. The smallest absolute Gasteiger partial charge is 0.147 e. The quantitative estimate of drug-likeness (QED) is 0.880. The van der Waals surface area contributed by atoms with Gasteiger partial charge in [0.25, 0.3) is 0 Å². The minimum Gasteiger partial charge on any atom is -0.378 e. The number of hydrogen-bond acceptors (Lipinski definition) is 2. The maximum Gasteiger partial charge on any atom is 0.147 e. The number of aryl methyl sites for hydroxylation is 2. The van der Waals surface area contributed by atoms with Crippen LogP contribution in [0.2, 0.25) is 5.02 Å². The van der Waals surface area contributed by atoms with E-state index in [0.717, 1.165) is 17.0 Å². The first kappa shape index (κ1) is 11.9. The minimum absolute atomic E-state index is 0.351. The molecule has 2 aromatic rings. The van der Waals surface area contributed by atoms with Crippen molar-refractivity contribution in [3.63, 3.8) is 0 Å². The highest BCUT2D eigenvalue weighted by Gasteiger charge is 2.07. The summed E-state index contributed by atoms with van der Waals surface area (Å²) in [5.74, 6) is -0.351. The Bertz CT molecular complexity index is 517. The van der Waals surface area contributed by atoms with Gasteiger partial charge in [-0.05, 0) is 32.0 Å². The van der Waals surface area contributed by atoms with E-state index in [-0.39, 0.29) is 5.82 Å². The van der Waals surface area contributed by atoms with Crippen LogP contribution >= 0.6 is 11.6 Å². The summed E-state index contributed by atoms with van der Waals surface area (Å²) in [5.41, 5.74) is 3.41. The van der Waals surface area contributed by atoms with Crippen molar-refractivity contribution in [3.05, 3.63) is 46.0 Å². The molecule has 90 valence electrons. The van der Waals surface area contributed by atoms with Crippen LogP contribution in [0.3, 0.4) is 0 Å². The third-order valence-corrected chi connectivity index (χ3v) is 2.90. The maximum absolute atomic E-state index is 13.5. The number of aromatic nitrogens is 2. The summed E-state index contributed by atoms with van der Waals surface area (Å²) >= 11 is 5.68. The minimum atomic E-state index is -0.351. The first-order chi connectivity index (χ1) is 8.08. The molecule has 0 amide bonds. The van der Waals surface area contributed by atoms with Gasteiger partial charge in [-0.15, -0.1) is 0 Å². The number of nitrogens with zero attached hydrogens (tertiary/aromatic N) is 1. The van der Waals surface area contributed by atoms with Crippen molar-refractivity contribution in [2.45, 2.75) is 20.4 Å². The average Bonchev–Trinajstić information content (AvgIpc) is 2.58. The Kier molecular flexibility index (Phi) is 3.33. The van der Waals surface area contributed by atoms with E-state index in [1.165, 1.54) is 6.07 Å². The summed E-state index contributed by atoms with van der Waals surface area (Å²) in [6.45, 7) is 4.39. The van der Waals surface area contributed by atoms with E-state index in [9.17, 15) is 4.39 Å². The zero-order valence-electron chi connectivity index (χ0n) is 9.64. The molecule has 0 saturated carbocycles. The molecule has 0 fully saturated rings. The molecular weight excluding hydrogens is 241 g/mol. The molecule has 0 atom stereocenters. The van der Waals surface area contributed by atoms with E-state index in [2.05, 4.69) is 15.5 Å². The van der Waals surface area contributed by atoms with Crippen LogP contribution in [0.15, 0.2) is 18.2 Å². The van der Waals surface area contributed by atoms with Crippen molar-refractivity contribution in [1.82, 2.24) is 10.2 Å². The molecule has 1 aromatic heterocycles. The Hall–Kier alpha value is -1.55. The highest BCUT2D eigenvalue weighted by Crippen LogP contribution is 2.20. The van der Waals surface area contributed by atoms with Gasteiger partial charge >= 0.3 is 0 Å². The van der Waals surface area contributed by atoms with Crippen LogP contribution in [-0.4, -0.2) is 10.2 Å². The van der Waals surface area contributed by atoms with Gasteiger partial charge < -0.3 is 5.32 Å². The van der Waals surface area contributed by atoms with Gasteiger partial charge in [0.2, 0.25) is 0 Å². The number of benzene rings is 1. The molecule has 2 N–H and O–H groups in total. The Balaban J connectivity index is 2.13. The van der Waals surface area contributed by atoms with Crippen molar-refractivity contribution in [2.24, 2.45) is 0 Å². The first-order valence-electron chi connectivity index (χ1n) is 5.27. The van der Waals surface area contributed by atoms with Gasteiger partial charge in [0.1, 0.15) is 5.82 Å². The Morgan fingerprint density at radius 2 is 2.18 bits per heavy atom. The molecule has 0 spiro atoms. The van der Waals surface area contributed by atoms with Crippen molar-refractivity contribution in [2.75, 3.05) is 5.32 Å². The first-order valence-corrected chi connectivity index (χ1v) is 5.65. The molecule has 0 unspecified atom stereocenters. The molecule has 17 heavy (non-hydrogen) atoms. The van der Waals surface area contributed by atoms with Gasteiger partial charge in [0.05, 0.1) is 11.4 Å². The van der Waals surface area contributed by atoms with Gasteiger partial charge in [0.15, 0.2) is 0 Å². The van der Waals surface area contributed by atoms with Crippen molar-refractivity contribution in [1.29, 1.82) is 0 Å². The van der Waals surface area contributed by atoms with Gasteiger partial charge in [-0.1, -0.05) is 11.6 Å². The number of rotatable bonds is 3. The normalized spacial score (nSPS) is 10.6. The molecule has 0 aliphatic rings. The fourth-order valence-electron chi connectivity index (χ4n) is 1.65. The summed E-state index contributed by atoms with van der Waals surface area (Å²) in [7, 11) is 0. The predicted octanol–water partition coefficient (Wildman–Crippen LogP) is 3.43. The third-order valence-electron chi connectivity index (χ3n) is 2.67. The van der Waals surface area contributed by atoms with E-state index in [1.54, 1.807) is 12.1 Å². The molecule has 0 saturated heterocycles. The zero-order valence-corrected chi connectivity index (χ0v) is 10.4. The van der Waals surface area contributed by atoms with Gasteiger partial charge in [0, 0.05) is 22.8 Å². The summed E-state index contributed by atoms with van der Waals surface area (Å²) in [6, 6.07) is 4.57. The summed E-state index contributed by atoms with van der Waals surface area (Å²) in [4.78, 5) is 0. The van der Waals surface area contributed by atoms with Gasteiger partial charge in [-0.2, -0.15) is 5.10 Å². The van der Waals surface area contributed by atoms with E-state index in [0.29, 0.717) is 17.3 Å². The van der Waals surface area contributed by atoms with Crippen LogP contribution < -0.4 is 5.32 Å². The number of aromatic amines is 1. The van der Waals surface area contributed by atoms with E-state index in [4.69, 9.17) is 11.6 Å². The second kappa shape index (κ2) is 4.75. The fourth-order valence-corrected chi connectivity index (χ4v) is 1.81. The molecule has 0 aliphatic heterocycles. The predicted molar refractivity (Wildman–Crippen MR) is 66.8 cm³/mol. The molecule has 3 nitrogen and oxygen atoms in total. The SMILES string of the molecule is Cc1n[nH]c(C)c1CNc1ccc(Cl)cc1F. The average molecular weight is 254 g/mol. The molecule has 0 radical (unpaired) electrons. The number of H-pyrrole nitrogens is 1. The second-order valence-electron chi connectivity index (χ2n) is 3.89. The lowest BCUT2D eigenvalue weighted by molar-refractivity contribution is 0.630. The largest absolute Gasteiger partial charge is 0.378 e. The Morgan fingerprint density at radius 3 is 2.76 bits per heavy atom. The van der Waals surface area contributed by atoms with E-state index in [1.807, 2.05) is 13.8 Å². The number of halogens is 2. The number of hydrogen-bond donors (Lipinski definition) is 2. The summed E-state index contributed by atoms with van der Waals surface area (Å²) in [6.07, 6.45) is 0. The lowest BCUT2D eigenvalue weighted by Crippen LogP contribution is -2.03. The van der Waals surface area contributed by atoms with Crippen LogP contribution in [0.1, 0.15) is 17.0 Å². The highest BCUT2D eigenvalue weighted by molar-refractivity contribution is 6.30. The lowest BCUT2D eigenvalue weighted by atomic mass is 10.2. The van der Waals surface area contributed by atoms with Gasteiger partial charge in [-0.25, -0.2) is 4.39 Å². The lowest BCUT2D eigenvalue weighted by Gasteiger charge is -2.08. The summed E-state index contributed by atoms with van der Waals surface area (Å²) in [5, 5.41) is 10.4. The fraction of sp³-hybridized carbons (Fsp3) is 0.250. The zero-order chi connectivity index (χ0) is 12.4. The topological polar surface area (TPSA) is 40.7 Å². The van der Waals surface area contributed by atoms with Crippen LogP contribution in [-0.2, 0) is 6.54 Å². The molecule has 5 heteroatoms. The number of anilines is 1. The maximum atomic E-state index is 13.5. The standard InChI is InChI=1S/C12H13ClFN3/c1-7-10(8(2)17-16-7)6-15-12-4-3-9(13)5-11(12)14/h3-5,15H,6H2,1-2H3,(H,16,17). The van der Waals surface area contributed by atoms with Crippen molar-refractivity contribution < 1.29 is 4.39 Å².